The maximum atomic E-state index is 12.2. The molecule has 0 spiro atoms. The molecule has 0 radical (unpaired) electrons. The van der Waals surface area contributed by atoms with Crippen LogP contribution in [0.2, 0.25) is 0 Å². The SMILES string of the molecule is CC(NS(=O)(=O)c1cccnc1C#N)c1cccs1. The van der Waals surface area contributed by atoms with Crippen LogP contribution in [0.4, 0.5) is 0 Å². The lowest BCUT2D eigenvalue weighted by molar-refractivity contribution is 0.568. The second kappa shape index (κ2) is 5.48. The van der Waals surface area contributed by atoms with Gasteiger partial charge in [0.15, 0.2) is 5.69 Å². The summed E-state index contributed by atoms with van der Waals surface area (Å²) in [6, 6.07) is 8.00. The van der Waals surface area contributed by atoms with E-state index in [0.717, 1.165) is 4.88 Å². The third-order valence-electron chi connectivity index (χ3n) is 2.47. The van der Waals surface area contributed by atoms with Crippen LogP contribution >= 0.6 is 11.3 Å². The van der Waals surface area contributed by atoms with Gasteiger partial charge in [0.2, 0.25) is 10.0 Å². The number of hydrogen-bond acceptors (Lipinski definition) is 5. The molecule has 1 N–H and O–H groups in total. The number of aromatic nitrogens is 1. The zero-order valence-electron chi connectivity index (χ0n) is 10.1. The lowest BCUT2D eigenvalue weighted by Gasteiger charge is -2.13. The summed E-state index contributed by atoms with van der Waals surface area (Å²) in [5.74, 6) is 0. The van der Waals surface area contributed by atoms with Crippen LogP contribution in [0.25, 0.3) is 0 Å². The van der Waals surface area contributed by atoms with Gasteiger partial charge in [-0.1, -0.05) is 6.07 Å². The van der Waals surface area contributed by atoms with Gasteiger partial charge in [-0.25, -0.2) is 18.1 Å². The van der Waals surface area contributed by atoms with Crippen LogP contribution in [0.15, 0.2) is 40.7 Å². The number of pyridine rings is 1. The van der Waals surface area contributed by atoms with Crippen molar-refractivity contribution in [2.24, 2.45) is 0 Å². The first-order chi connectivity index (χ1) is 9.04. The Labute approximate surface area is 115 Å². The first-order valence-electron chi connectivity index (χ1n) is 5.45. The summed E-state index contributed by atoms with van der Waals surface area (Å²) in [4.78, 5) is 4.57. The number of rotatable bonds is 4. The number of hydrogen-bond donors (Lipinski definition) is 1. The van der Waals surface area contributed by atoms with Crippen molar-refractivity contribution in [2.75, 3.05) is 0 Å². The van der Waals surface area contributed by atoms with Gasteiger partial charge in [0.05, 0.1) is 6.04 Å². The summed E-state index contributed by atoms with van der Waals surface area (Å²) in [6.07, 6.45) is 1.39. The zero-order valence-corrected chi connectivity index (χ0v) is 11.7. The normalized spacial score (nSPS) is 12.8. The van der Waals surface area contributed by atoms with Crippen molar-refractivity contribution in [1.29, 1.82) is 5.26 Å². The number of nitrogens with zero attached hydrogens (tertiary/aromatic N) is 2. The van der Waals surface area contributed by atoms with E-state index in [-0.39, 0.29) is 16.6 Å². The van der Waals surface area contributed by atoms with E-state index in [1.165, 1.54) is 29.7 Å². The van der Waals surface area contributed by atoms with Crippen molar-refractivity contribution >= 4 is 21.4 Å². The first kappa shape index (κ1) is 13.7. The van der Waals surface area contributed by atoms with Crippen LogP contribution < -0.4 is 4.72 Å². The summed E-state index contributed by atoms with van der Waals surface area (Å²) in [5.41, 5.74) is -0.103. The van der Waals surface area contributed by atoms with Crippen LogP contribution in [0, 0.1) is 11.3 Å². The average molecular weight is 293 g/mol. The molecular weight excluding hydrogens is 282 g/mol. The van der Waals surface area contributed by atoms with Gasteiger partial charge < -0.3 is 0 Å². The minimum absolute atomic E-state index is 0.0964. The van der Waals surface area contributed by atoms with Gasteiger partial charge >= 0.3 is 0 Å². The second-order valence-electron chi connectivity index (χ2n) is 3.82. The molecular formula is C12H11N3O2S2. The molecule has 0 aliphatic heterocycles. The van der Waals surface area contributed by atoms with Crippen molar-refractivity contribution < 1.29 is 8.42 Å². The van der Waals surface area contributed by atoms with Gasteiger partial charge in [0.1, 0.15) is 11.0 Å². The third kappa shape index (κ3) is 2.98. The molecule has 2 rings (SSSR count). The monoisotopic (exact) mass is 293 g/mol. The van der Waals surface area contributed by atoms with Gasteiger partial charge in [-0.15, -0.1) is 11.3 Å². The predicted octanol–water partition coefficient (Wildman–Crippen LogP) is 2.05. The van der Waals surface area contributed by atoms with Crippen LogP contribution in [0.3, 0.4) is 0 Å². The highest BCUT2D eigenvalue weighted by Crippen LogP contribution is 2.21. The molecule has 2 aromatic rings. The number of nitriles is 1. The fraction of sp³-hybridized carbons (Fsp3) is 0.167. The molecule has 7 heteroatoms. The smallest absolute Gasteiger partial charge is 0.244 e. The molecule has 0 saturated carbocycles. The average Bonchev–Trinajstić information content (AvgIpc) is 2.92. The van der Waals surface area contributed by atoms with E-state index in [9.17, 15) is 8.42 Å². The summed E-state index contributed by atoms with van der Waals surface area (Å²) in [5, 5.41) is 10.8. The van der Waals surface area contributed by atoms with E-state index in [1.54, 1.807) is 13.0 Å². The Balaban J connectivity index is 2.31. The topological polar surface area (TPSA) is 82.8 Å². The Bertz CT molecular complexity index is 703. The molecule has 0 aliphatic rings. The third-order valence-corrected chi connectivity index (χ3v) is 5.10. The van der Waals surface area contributed by atoms with Gasteiger partial charge in [-0.3, -0.25) is 0 Å². The lowest BCUT2D eigenvalue weighted by Crippen LogP contribution is -2.27. The van der Waals surface area contributed by atoms with Crippen molar-refractivity contribution in [2.45, 2.75) is 17.9 Å². The van der Waals surface area contributed by atoms with E-state index >= 15 is 0 Å². The Hall–Kier alpha value is -1.75. The van der Waals surface area contributed by atoms with Crippen LogP contribution in [-0.4, -0.2) is 13.4 Å². The van der Waals surface area contributed by atoms with E-state index < -0.39 is 10.0 Å². The molecule has 0 bridgehead atoms. The minimum atomic E-state index is -3.76. The highest BCUT2D eigenvalue weighted by atomic mass is 32.2. The standard InChI is InChI=1S/C12H11N3O2S2/c1-9(11-4-3-7-18-11)15-19(16,17)12-5-2-6-14-10(12)8-13/h2-7,9,15H,1H3. The maximum Gasteiger partial charge on any atom is 0.244 e. The Morgan fingerprint density at radius 3 is 2.84 bits per heavy atom. The van der Waals surface area contributed by atoms with Gasteiger partial charge in [-0.05, 0) is 30.5 Å². The van der Waals surface area contributed by atoms with Crippen molar-refractivity contribution in [3.05, 3.63) is 46.4 Å². The zero-order chi connectivity index (χ0) is 13.9. The number of nitrogens with one attached hydrogen (secondary N) is 1. The highest BCUT2D eigenvalue weighted by Gasteiger charge is 2.22. The van der Waals surface area contributed by atoms with E-state index in [4.69, 9.17) is 5.26 Å². The summed E-state index contributed by atoms with van der Waals surface area (Å²) in [7, 11) is -3.76. The van der Waals surface area contributed by atoms with Crippen LogP contribution in [0.1, 0.15) is 23.5 Å². The highest BCUT2D eigenvalue weighted by molar-refractivity contribution is 7.89. The lowest BCUT2D eigenvalue weighted by atomic mass is 10.3. The Morgan fingerprint density at radius 1 is 1.42 bits per heavy atom. The molecule has 5 nitrogen and oxygen atoms in total. The molecule has 1 unspecified atom stereocenters. The molecule has 0 fully saturated rings. The molecule has 0 aliphatic carbocycles. The van der Waals surface area contributed by atoms with E-state index in [2.05, 4.69) is 9.71 Å². The number of sulfonamides is 1. The van der Waals surface area contributed by atoms with E-state index in [0.29, 0.717) is 0 Å². The predicted molar refractivity (Wildman–Crippen MR) is 72.0 cm³/mol. The van der Waals surface area contributed by atoms with Crippen molar-refractivity contribution in [1.82, 2.24) is 9.71 Å². The second-order valence-corrected chi connectivity index (χ2v) is 6.48. The van der Waals surface area contributed by atoms with Crippen LogP contribution in [-0.2, 0) is 10.0 Å². The van der Waals surface area contributed by atoms with Crippen molar-refractivity contribution in [3.8, 4) is 6.07 Å². The quantitative estimate of drug-likeness (QED) is 0.935. The summed E-state index contributed by atoms with van der Waals surface area (Å²) >= 11 is 1.47. The van der Waals surface area contributed by atoms with Crippen molar-refractivity contribution in [3.63, 3.8) is 0 Å². The van der Waals surface area contributed by atoms with E-state index in [1.807, 2.05) is 17.5 Å². The largest absolute Gasteiger partial charge is 0.244 e. The van der Waals surface area contributed by atoms with Crippen LogP contribution in [0.5, 0.6) is 0 Å². The van der Waals surface area contributed by atoms with Gasteiger partial charge in [0.25, 0.3) is 0 Å². The van der Waals surface area contributed by atoms with Gasteiger partial charge in [0, 0.05) is 11.1 Å². The Kier molecular flexibility index (Phi) is 3.95. The summed E-state index contributed by atoms with van der Waals surface area (Å²) < 4.78 is 27.0. The first-order valence-corrected chi connectivity index (χ1v) is 7.82. The molecule has 19 heavy (non-hydrogen) atoms. The summed E-state index contributed by atoms with van der Waals surface area (Å²) in [6.45, 7) is 1.76. The Morgan fingerprint density at radius 2 is 2.21 bits per heavy atom. The molecule has 2 aromatic heterocycles. The molecule has 0 aromatic carbocycles. The fourth-order valence-corrected chi connectivity index (χ4v) is 3.72. The fourth-order valence-electron chi connectivity index (χ4n) is 1.58. The van der Waals surface area contributed by atoms with Gasteiger partial charge in [-0.2, -0.15) is 5.26 Å². The molecule has 0 saturated heterocycles. The minimum Gasteiger partial charge on any atom is -0.244 e. The molecule has 98 valence electrons. The maximum absolute atomic E-state index is 12.2. The number of thiophene rings is 1. The molecule has 0 amide bonds. The molecule has 1 atom stereocenters. The molecule has 2 heterocycles.